The van der Waals surface area contributed by atoms with Crippen LogP contribution >= 0.6 is 0 Å². The molecule has 2 rings (SSSR count). The number of tetrazole rings is 1. The summed E-state index contributed by atoms with van der Waals surface area (Å²) in [5, 5.41) is 25.3. The van der Waals surface area contributed by atoms with Crippen molar-refractivity contribution in [2.45, 2.75) is 13.3 Å². The standard InChI is InChI=1S/C12H12N6/c1-2-9-4-3-5-11(6-9)14-8-10(7-13)12-15-17-18-16-12/h3-6,8,14H,2H2,1H3,(H,15,16,17,18). The SMILES string of the molecule is CCc1cccc(NC=C(C#N)c2nn[nH]n2)c1. The number of benzene rings is 1. The summed E-state index contributed by atoms with van der Waals surface area (Å²) in [6.07, 6.45) is 2.54. The Morgan fingerprint density at radius 3 is 3.11 bits per heavy atom. The van der Waals surface area contributed by atoms with Crippen molar-refractivity contribution in [2.24, 2.45) is 0 Å². The van der Waals surface area contributed by atoms with Crippen LogP contribution in [0.25, 0.3) is 5.57 Å². The van der Waals surface area contributed by atoms with Gasteiger partial charge in [-0.2, -0.15) is 10.5 Å². The van der Waals surface area contributed by atoms with Gasteiger partial charge in [0.1, 0.15) is 11.6 Å². The predicted octanol–water partition coefficient (Wildman–Crippen LogP) is 1.74. The summed E-state index contributed by atoms with van der Waals surface area (Å²) in [6.45, 7) is 2.09. The number of rotatable bonds is 4. The Morgan fingerprint density at radius 2 is 2.44 bits per heavy atom. The molecule has 6 heteroatoms. The zero-order valence-corrected chi connectivity index (χ0v) is 9.88. The first kappa shape index (κ1) is 11.8. The molecule has 0 saturated carbocycles. The highest BCUT2D eigenvalue weighted by molar-refractivity contribution is 5.74. The van der Waals surface area contributed by atoms with E-state index in [9.17, 15) is 0 Å². The van der Waals surface area contributed by atoms with E-state index in [1.165, 1.54) is 5.56 Å². The second kappa shape index (κ2) is 5.59. The third-order valence-corrected chi connectivity index (χ3v) is 2.43. The first-order chi connectivity index (χ1) is 8.83. The van der Waals surface area contributed by atoms with E-state index in [1.54, 1.807) is 6.20 Å². The van der Waals surface area contributed by atoms with Gasteiger partial charge >= 0.3 is 0 Å². The Morgan fingerprint density at radius 1 is 1.56 bits per heavy atom. The average Bonchev–Trinajstić information content (AvgIpc) is 2.94. The van der Waals surface area contributed by atoms with Gasteiger partial charge in [-0.3, -0.25) is 0 Å². The van der Waals surface area contributed by atoms with Crippen molar-refractivity contribution in [3.8, 4) is 6.07 Å². The van der Waals surface area contributed by atoms with Crippen LogP contribution in [0.15, 0.2) is 30.5 Å². The van der Waals surface area contributed by atoms with Crippen molar-refractivity contribution < 1.29 is 0 Å². The van der Waals surface area contributed by atoms with Crippen molar-refractivity contribution in [2.75, 3.05) is 5.32 Å². The Kier molecular flexibility index (Phi) is 3.66. The molecule has 90 valence electrons. The monoisotopic (exact) mass is 240 g/mol. The van der Waals surface area contributed by atoms with Gasteiger partial charge in [0.05, 0.1) is 0 Å². The highest BCUT2D eigenvalue weighted by Gasteiger charge is 2.05. The molecule has 1 aromatic heterocycles. The number of anilines is 1. The average molecular weight is 240 g/mol. The van der Waals surface area contributed by atoms with Crippen molar-refractivity contribution in [1.82, 2.24) is 20.6 Å². The number of aromatic amines is 1. The normalized spacial score (nSPS) is 11.0. The fourth-order valence-corrected chi connectivity index (χ4v) is 1.46. The lowest BCUT2D eigenvalue weighted by Crippen LogP contribution is -1.93. The lowest BCUT2D eigenvalue weighted by atomic mass is 10.1. The van der Waals surface area contributed by atoms with Crippen molar-refractivity contribution in [3.05, 3.63) is 41.9 Å². The summed E-state index contributed by atoms with van der Waals surface area (Å²) in [5.41, 5.74) is 2.47. The van der Waals surface area contributed by atoms with Crippen LogP contribution in [0.5, 0.6) is 0 Å². The van der Waals surface area contributed by atoms with E-state index >= 15 is 0 Å². The number of aromatic nitrogens is 4. The molecule has 0 aliphatic carbocycles. The van der Waals surface area contributed by atoms with E-state index in [-0.39, 0.29) is 5.82 Å². The van der Waals surface area contributed by atoms with Gasteiger partial charge in [0.25, 0.3) is 0 Å². The minimum Gasteiger partial charge on any atom is -0.360 e. The van der Waals surface area contributed by atoms with Gasteiger partial charge in [-0.15, -0.1) is 10.2 Å². The molecule has 0 aliphatic rings. The first-order valence-electron chi connectivity index (χ1n) is 5.53. The largest absolute Gasteiger partial charge is 0.360 e. The zero-order chi connectivity index (χ0) is 12.8. The number of hydrogen-bond donors (Lipinski definition) is 2. The van der Waals surface area contributed by atoms with Crippen LogP contribution in [0.2, 0.25) is 0 Å². The molecule has 2 aromatic rings. The smallest absolute Gasteiger partial charge is 0.216 e. The second-order valence-corrected chi connectivity index (χ2v) is 3.60. The van der Waals surface area contributed by atoms with E-state index in [0.29, 0.717) is 5.57 Å². The minimum atomic E-state index is 0.275. The van der Waals surface area contributed by atoms with Crippen molar-refractivity contribution in [1.29, 1.82) is 5.26 Å². The van der Waals surface area contributed by atoms with Gasteiger partial charge in [-0.05, 0) is 29.3 Å². The number of aryl methyl sites for hydroxylation is 1. The molecule has 2 N–H and O–H groups in total. The fourth-order valence-electron chi connectivity index (χ4n) is 1.46. The molecule has 0 unspecified atom stereocenters. The van der Waals surface area contributed by atoms with Gasteiger partial charge in [0.15, 0.2) is 0 Å². The van der Waals surface area contributed by atoms with E-state index in [1.807, 2.05) is 24.3 Å². The number of nitrogens with zero attached hydrogens (tertiary/aromatic N) is 4. The quantitative estimate of drug-likeness (QED) is 0.794. The third kappa shape index (κ3) is 2.71. The van der Waals surface area contributed by atoms with Crippen LogP contribution < -0.4 is 5.32 Å². The molecule has 1 heterocycles. The number of allylic oxidation sites excluding steroid dienone is 1. The lowest BCUT2D eigenvalue weighted by Gasteiger charge is -2.03. The summed E-state index contributed by atoms with van der Waals surface area (Å²) < 4.78 is 0. The van der Waals surface area contributed by atoms with Crippen LogP contribution in [0.3, 0.4) is 0 Å². The maximum absolute atomic E-state index is 9.00. The van der Waals surface area contributed by atoms with Gasteiger partial charge in [-0.25, -0.2) is 0 Å². The number of hydrogen-bond acceptors (Lipinski definition) is 5. The molecule has 0 saturated heterocycles. The van der Waals surface area contributed by atoms with Crippen LogP contribution in [-0.2, 0) is 6.42 Å². The van der Waals surface area contributed by atoms with Gasteiger partial charge < -0.3 is 5.32 Å². The molecule has 0 atom stereocenters. The van der Waals surface area contributed by atoms with Crippen LogP contribution in [0, 0.1) is 11.3 Å². The number of H-pyrrole nitrogens is 1. The molecule has 18 heavy (non-hydrogen) atoms. The molecule has 0 aliphatic heterocycles. The Hall–Kier alpha value is -2.68. The summed E-state index contributed by atoms with van der Waals surface area (Å²) in [6, 6.07) is 10.0. The molecule has 0 bridgehead atoms. The highest BCUT2D eigenvalue weighted by atomic mass is 15.5. The third-order valence-electron chi connectivity index (χ3n) is 2.43. The van der Waals surface area contributed by atoms with E-state index in [2.05, 4.69) is 38.9 Å². The maximum Gasteiger partial charge on any atom is 0.216 e. The minimum absolute atomic E-state index is 0.275. The number of nitriles is 1. The zero-order valence-electron chi connectivity index (χ0n) is 9.88. The molecule has 1 aromatic carbocycles. The Balaban J connectivity index is 2.16. The second-order valence-electron chi connectivity index (χ2n) is 3.60. The molecule has 0 fully saturated rings. The first-order valence-corrected chi connectivity index (χ1v) is 5.53. The Labute approximate surface area is 104 Å². The van der Waals surface area contributed by atoms with Crippen LogP contribution in [-0.4, -0.2) is 20.6 Å². The van der Waals surface area contributed by atoms with Gasteiger partial charge in [0.2, 0.25) is 5.82 Å². The topological polar surface area (TPSA) is 90.3 Å². The maximum atomic E-state index is 9.00. The lowest BCUT2D eigenvalue weighted by molar-refractivity contribution is 0.881. The van der Waals surface area contributed by atoms with E-state index in [4.69, 9.17) is 5.26 Å². The van der Waals surface area contributed by atoms with Crippen LogP contribution in [0.1, 0.15) is 18.3 Å². The molecule has 0 amide bonds. The van der Waals surface area contributed by atoms with Crippen LogP contribution in [0.4, 0.5) is 5.69 Å². The summed E-state index contributed by atoms with van der Waals surface area (Å²) in [4.78, 5) is 0. The molecular formula is C12H12N6. The molecule has 0 radical (unpaired) electrons. The van der Waals surface area contributed by atoms with E-state index in [0.717, 1.165) is 12.1 Å². The summed E-state index contributed by atoms with van der Waals surface area (Å²) in [5.74, 6) is 0.275. The van der Waals surface area contributed by atoms with E-state index < -0.39 is 0 Å². The van der Waals surface area contributed by atoms with Crippen molar-refractivity contribution >= 4 is 11.3 Å². The summed E-state index contributed by atoms with van der Waals surface area (Å²) in [7, 11) is 0. The summed E-state index contributed by atoms with van der Waals surface area (Å²) >= 11 is 0. The molecule has 0 spiro atoms. The Bertz CT molecular complexity index is 579. The predicted molar refractivity (Wildman–Crippen MR) is 67.2 cm³/mol. The number of nitrogens with one attached hydrogen (secondary N) is 2. The van der Waals surface area contributed by atoms with Gasteiger partial charge in [-0.1, -0.05) is 19.1 Å². The van der Waals surface area contributed by atoms with Crippen molar-refractivity contribution in [3.63, 3.8) is 0 Å². The highest BCUT2D eigenvalue weighted by Crippen LogP contribution is 2.13. The molecule has 6 nitrogen and oxygen atoms in total. The molecular weight excluding hydrogens is 228 g/mol. The van der Waals surface area contributed by atoms with Gasteiger partial charge in [0, 0.05) is 11.9 Å². The fraction of sp³-hybridized carbons (Fsp3) is 0.167.